The summed E-state index contributed by atoms with van der Waals surface area (Å²) < 4.78 is 5.62. The summed E-state index contributed by atoms with van der Waals surface area (Å²) in [4.78, 5) is 3.12. The van der Waals surface area contributed by atoms with Crippen molar-refractivity contribution in [2.24, 2.45) is 0 Å². The highest BCUT2D eigenvalue weighted by atomic mass is 79.9. The van der Waals surface area contributed by atoms with Gasteiger partial charge in [-0.15, -0.1) is 22.7 Å². The van der Waals surface area contributed by atoms with Gasteiger partial charge in [-0.1, -0.05) is 70.2 Å². The maximum atomic E-state index is 3.70. The minimum atomic E-state index is -1.67. The van der Waals surface area contributed by atoms with Crippen LogP contribution in [0.1, 0.15) is 0 Å². The van der Waals surface area contributed by atoms with Gasteiger partial charge >= 0.3 is 0 Å². The lowest BCUT2D eigenvalue weighted by atomic mass is 10.2. The molecule has 0 saturated heterocycles. The second kappa shape index (κ2) is 5.59. The first-order valence-corrected chi connectivity index (χ1v) is 18.6. The molecule has 0 aliphatic carbocycles. The average Bonchev–Trinajstić information content (AvgIpc) is 3.27. The molecule has 0 N–H and O–H groups in total. The third-order valence-corrected chi connectivity index (χ3v) is 17.9. The first kappa shape index (κ1) is 18.3. The Bertz CT molecular complexity index is 1240. The van der Waals surface area contributed by atoms with Gasteiger partial charge in [0.05, 0.1) is 0 Å². The molecule has 0 fully saturated rings. The predicted octanol–water partition coefficient (Wildman–Crippen LogP) is 6.09. The molecule has 0 atom stereocenters. The van der Waals surface area contributed by atoms with Crippen LogP contribution in [0.2, 0.25) is 26.2 Å². The van der Waals surface area contributed by atoms with Crippen LogP contribution in [0.25, 0.3) is 30.3 Å². The molecule has 28 heavy (non-hydrogen) atoms. The van der Waals surface area contributed by atoms with Crippen molar-refractivity contribution in [2.45, 2.75) is 26.2 Å². The van der Waals surface area contributed by atoms with E-state index in [1.807, 2.05) is 0 Å². The lowest BCUT2D eigenvalue weighted by molar-refractivity contribution is 1.69. The maximum Gasteiger partial charge on any atom is 0.116 e. The van der Waals surface area contributed by atoms with Crippen molar-refractivity contribution in [1.29, 1.82) is 0 Å². The minimum absolute atomic E-state index is 1.21. The number of benzene rings is 2. The van der Waals surface area contributed by atoms with Gasteiger partial charge < -0.3 is 0 Å². The summed E-state index contributed by atoms with van der Waals surface area (Å²) >= 11 is 11.6. The zero-order chi connectivity index (χ0) is 19.6. The second-order valence-electron chi connectivity index (χ2n) is 8.90. The molecule has 2 aromatic carbocycles. The molecule has 2 aromatic heterocycles. The molecule has 0 saturated carbocycles. The molecule has 4 heterocycles. The standard InChI is InChI=1S/C22H18Br2S2Si2/c1-27(2)15-9-11(23)5-7-13(15)17-21(27)19-20(25-17)22-18(26-19)14-8-6-12(24)10-16(14)28(22,3)4/h5-10H,1-4H3. The van der Waals surface area contributed by atoms with E-state index in [9.17, 15) is 0 Å². The molecule has 6 rings (SSSR count). The van der Waals surface area contributed by atoms with Crippen LogP contribution >= 0.6 is 54.5 Å². The fraction of sp³-hybridized carbons (Fsp3) is 0.182. The molecule has 0 bridgehead atoms. The highest BCUT2D eigenvalue weighted by Gasteiger charge is 2.46. The third kappa shape index (κ3) is 2.09. The van der Waals surface area contributed by atoms with Crippen molar-refractivity contribution in [2.75, 3.05) is 0 Å². The van der Waals surface area contributed by atoms with Crippen molar-refractivity contribution in [3.05, 3.63) is 45.3 Å². The SMILES string of the molecule is C[Si]1(C)c2cc(Br)ccc2-c2sc3c4c(sc3c21)-c1ccc(Br)cc1[Si]4(C)C. The predicted molar refractivity (Wildman–Crippen MR) is 139 cm³/mol. The van der Waals surface area contributed by atoms with Gasteiger partial charge in [0.2, 0.25) is 0 Å². The van der Waals surface area contributed by atoms with Crippen LogP contribution in [0.3, 0.4) is 0 Å². The van der Waals surface area contributed by atoms with Crippen molar-refractivity contribution in [1.82, 2.24) is 0 Å². The first-order chi connectivity index (χ1) is 13.2. The summed E-state index contributed by atoms with van der Waals surface area (Å²) in [6, 6.07) is 13.9. The van der Waals surface area contributed by atoms with E-state index < -0.39 is 16.1 Å². The maximum absolute atomic E-state index is 3.70. The summed E-state index contributed by atoms with van der Waals surface area (Å²) in [6.07, 6.45) is 0. The summed E-state index contributed by atoms with van der Waals surface area (Å²) in [5.41, 5.74) is 2.99. The number of rotatable bonds is 0. The monoisotopic (exact) mass is 560 g/mol. The Kier molecular flexibility index (Phi) is 3.65. The summed E-state index contributed by atoms with van der Waals surface area (Å²) in [5.74, 6) is 0. The van der Waals surface area contributed by atoms with Crippen LogP contribution in [0.15, 0.2) is 45.3 Å². The minimum Gasteiger partial charge on any atom is -0.134 e. The van der Waals surface area contributed by atoms with Gasteiger partial charge in [-0.25, -0.2) is 0 Å². The Labute approximate surface area is 191 Å². The van der Waals surface area contributed by atoms with Crippen molar-refractivity contribution < 1.29 is 0 Å². The van der Waals surface area contributed by atoms with E-state index in [4.69, 9.17) is 0 Å². The zero-order valence-electron chi connectivity index (χ0n) is 16.0. The molecule has 0 amide bonds. The van der Waals surface area contributed by atoms with Gasteiger partial charge in [-0.05, 0) is 56.1 Å². The van der Waals surface area contributed by atoms with Gasteiger partial charge in [0.15, 0.2) is 0 Å². The smallest absolute Gasteiger partial charge is 0.116 e. The lowest BCUT2D eigenvalue weighted by Gasteiger charge is -2.20. The van der Waals surface area contributed by atoms with E-state index in [2.05, 4.69) is 117 Å². The van der Waals surface area contributed by atoms with E-state index in [0.717, 1.165) is 0 Å². The topological polar surface area (TPSA) is 0 Å². The lowest BCUT2D eigenvalue weighted by Crippen LogP contribution is -2.50. The van der Waals surface area contributed by atoms with Gasteiger partial charge in [0.1, 0.15) is 16.1 Å². The van der Waals surface area contributed by atoms with Crippen molar-refractivity contribution >= 4 is 101 Å². The van der Waals surface area contributed by atoms with Crippen LogP contribution in [0, 0.1) is 0 Å². The van der Waals surface area contributed by atoms with E-state index >= 15 is 0 Å². The summed E-state index contributed by atoms with van der Waals surface area (Å²) in [6.45, 7) is 10.1. The molecule has 4 aromatic rings. The fourth-order valence-electron chi connectivity index (χ4n) is 5.18. The number of fused-ring (bicyclic) bond motifs is 9. The zero-order valence-corrected chi connectivity index (χ0v) is 22.8. The number of hydrogen-bond acceptors (Lipinski definition) is 2. The van der Waals surface area contributed by atoms with Crippen molar-refractivity contribution in [3.8, 4) is 20.9 Å². The van der Waals surface area contributed by atoms with Gasteiger partial charge in [-0.2, -0.15) is 0 Å². The van der Waals surface area contributed by atoms with Gasteiger partial charge in [-0.3, -0.25) is 0 Å². The summed E-state index contributed by atoms with van der Waals surface area (Å²) in [7, 11) is -3.34. The Morgan fingerprint density at radius 1 is 0.643 bits per heavy atom. The molecule has 0 radical (unpaired) electrons. The largest absolute Gasteiger partial charge is 0.134 e. The Hall–Kier alpha value is -0.506. The molecule has 0 nitrogen and oxygen atoms in total. The molecule has 2 aliphatic rings. The molecule has 0 spiro atoms. The van der Waals surface area contributed by atoms with Crippen molar-refractivity contribution in [3.63, 3.8) is 0 Å². The van der Waals surface area contributed by atoms with Crippen LogP contribution in [0.5, 0.6) is 0 Å². The van der Waals surface area contributed by atoms with E-state index in [-0.39, 0.29) is 0 Å². The molecular weight excluding hydrogens is 544 g/mol. The number of thiophene rings is 2. The number of halogens is 2. The number of hydrogen-bond donors (Lipinski definition) is 0. The Morgan fingerprint density at radius 3 is 1.43 bits per heavy atom. The van der Waals surface area contributed by atoms with Gasteiger partial charge in [0, 0.05) is 28.1 Å². The summed E-state index contributed by atoms with van der Waals surface area (Å²) in [5, 5.41) is 6.59. The fourth-order valence-corrected chi connectivity index (χ4v) is 19.1. The molecule has 140 valence electrons. The van der Waals surface area contributed by atoms with E-state index in [0.29, 0.717) is 0 Å². The molecule has 6 heteroatoms. The second-order valence-corrected chi connectivity index (χ2v) is 21.4. The highest BCUT2D eigenvalue weighted by Crippen LogP contribution is 2.46. The first-order valence-electron chi connectivity index (χ1n) is 9.42. The average molecular weight is 563 g/mol. The normalized spacial score (nSPS) is 17.5. The van der Waals surface area contributed by atoms with Crippen LogP contribution in [-0.4, -0.2) is 16.1 Å². The van der Waals surface area contributed by atoms with Gasteiger partial charge in [0.25, 0.3) is 0 Å². The molecular formula is C22H18Br2S2Si2. The molecule has 2 aliphatic heterocycles. The Balaban J connectivity index is 1.70. The van der Waals surface area contributed by atoms with Crippen LogP contribution in [-0.2, 0) is 0 Å². The van der Waals surface area contributed by atoms with Crippen LogP contribution in [0.4, 0.5) is 0 Å². The highest BCUT2D eigenvalue weighted by molar-refractivity contribution is 9.10. The van der Waals surface area contributed by atoms with Crippen LogP contribution < -0.4 is 20.7 Å². The molecule has 0 unspecified atom stereocenters. The third-order valence-electron chi connectivity index (χ3n) is 6.57. The van der Waals surface area contributed by atoms with E-state index in [1.165, 1.54) is 20.1 Å². The Morgan fingerprint density at radius 2 is 1.04 bits per heavy atom. The van der Waals surface area contributed by atoms with E-state index in [1.54, 1.807) is 39.9 Å². The quantitative estimate of drug-likeness (QED) is 0.228.